The number of aromatic nitrogens is 2. The number of primary amides is 1. The maximum atomic E-state index is 13.9. The molecule has 0 radical (unpaired) electrons. The van der Waals surface area contributed by atoms with E-state index in [4.69, 9.17) is 17.3 Å². The fourth-order valence-corrected chi connectivity index (χ4v) is 2.09. The van der Waals surface area contributed by atoms with Crippen molar-refractivity contribution in [2.75, 3.05) is 0 Å². The SMILES string of the molecule is CC(Cl)c1nc2ccc(F)c(F)c2n1CCC(N)=O. The number of nitrogens with zero attached hydrogens (tertiary/aromatic N) is 2. The van der Waals surface area contributed by atoms with E-state index in [0.717, 1.165) is 6.07 Å². The molecule has 1 aromatic carbocycles. The molecule has 19 heavy (non-hydrogen) atoms. The largest absolute Gasteiger partial charge is 0.370 e. The molecular weight excluding hydrogens is 276 g/mol. The number of rotatable bonds is 4. The van der Waals surface area contributed by atoms with Gasteiger partial charge in [0.1, 0.15) is 11.3 Å². The van der Waals surface area contributed by atoms with Gasteiger partial charge in [0.05, 0.1) is 10.9 Å². The zero-order valence-electron chi connectivity index (χ0n) is 10.2. The van der Waals surface area contributed by atoms with Gasteiger partial charge in [-0.25, -0.2) is 13.8 Å². The molecule has 1 amide bonds. The minimum absolute atomic E-state index is 0.00196. The lowest BCUT2D eigenvalue weighted by molar-refractivity contribution is -0.118. The molecule has 1 heterocycles. The van der Waals surface area contributed by atoms with Crippen LogP contribution in [0.5, 0.6) is 0 Å². The number of benzene rings is 1. The van der Waals surface area contributed by atoms with E-state index in [-0.39, 0.29) is 18.5 Å². The van der Waals surface area contributed by atoms with Crippen LogP contribution in [0.3, 0.4) is 0 Å². The van der Waals surface area contributed by atoms with Gasteiger partial charge in [-0.3, -0.25) is 4.79 Å². The lowest BCUT2D eigenvalue weighted by atomic mass is 10.3. The molecule has 7 heteroatoms. The van der Waals surface area contributed by atoms with Crippen molar-refractivity contribution in [3.05, 3.63) is 29.6 Å². The molecule has 0 aliphatic carbocycles. The predicted molar refractivity (Wildman–Crippen MR) is 67.7 cm³/mol. The molecule has 0 aliphatic heterocycles. The summed E-state index contributed by atoms with van der Waals surface area (Å²) in [6.45, 7) is 1.77. The Kier molecular flexibility index (Phi) is 3.71. The van der Waals surface area contributed by atoms with Crippen molar-refractivity contribution in [1.29, 1.82) is 0 Å². The molecular formula is C12H12ClF2N3O. The van der Waals surface area contributed by atoms with Crippen LogP contribution in [0.4, 0.5) is 8.78 Å². The van der Waals surface area contributed by atoms with Gasteiger partial charge in [0, 0.05) is 13.0 Å². The number of fused-ring (bicyclic) bond motifs is 1. The van der Waals surface area contributed by atoms with Crippen LogP contribution in [0.15, 0.2) is 12.1 Å². The van der Waals surface area contributed by atoms with Gasteiger partial charge in [0.2, 0.25) is 5.91 Å². The van der Waals surface area contributed by atoms with Gasteiger partial charge in [-0.15, -0.1) is 11.6 Å². The van der Waals surface area contributed by atoms with Crippen molar-refractivity contribution in [3.63, 3.8) is 0 Å². The van der Waals surface area contributed by atoms with Crippen LogP contribution >= 0.6 is 11.6 Å². The molecule has 2 aromatic rings. The van der Waals surface area contributed by atoms with Crippen LogP contribution in [0.1, 0.15) is 24.5 Å². The van der Waals surface area contributed by atoms with Crippen LogP contribution in [-0.2, 0) is 11.3 Å². The van der Waals surface area contributed by atoms with Crippen molar-refractivity contribution in [3.8, 4) is 0 Å². The third kappa shape index (κ3) is 2.53. The van der Waals surface area contributed by atoms with Crippen molar-refractivity contribution in [2.45, 2.75) is 25.3 Å². The van der Waals surface area contributed by atoms with Crippen molar-refractivity contribution >= 4 is 28.5 Å². The van der Waals surface area contributed by atoms with Crippen molar-refractivity contribution in [1.82, 2.24) is 9.55 Å². The van der Waals surface area contributed by atoms with E-state index in [1.165, 1.54) is 10.6 Å². The minimum atomic E-state index is -1.00. The number of nitrogens with two attached hydrogens (primary N) is 1. The smallest absolute Gasteiger partial charge is 0.219 e. The molecule has 1 atom stereocenters. The lowest BCUT2D eigenvalue weighted by Crippen LogP contribution is -2.15. The highest BCUT2D eigenvalue weighted by atomic mass is 35.5. The van der Waals surface area contributed by atoms with Gasteiger partial charge in [-0.05, 0) is 19.1 Å². The molecule has 0 spiro atoms. The Bertz CT molecular complexity index is 639. The Morgan fingerprint density at radius 3 is 2.79 bits per heavy atom. The molecule has 0 aliphatic rings. The minimum Gasteiger partial charge on any atom is -0.370 e. The Morgan fingerprint density at radius 1 is 1.53 bits per heavy atom. The van der Waals surface area contributed by atoms with E-state index in [1.807, 2.05) is 0 Å². The van der Waals surface area contributed by atoms with Crippen LogP contribution < -0.4 is 5.73 Å². The molecule has 1 unspecified atom stereocenters. The average molecular weight is 288 g/mol. The monoisotopic (exact) mass is 287 g/mol. The second-order valence-electron chi connectivity index (χ2n) is 4.18. The molecule has 0 saturated heterocycles. The van der Waals surface area contributed by atoms with Gasteiger partial charge < -0.3 is 10.3 Å². The first kappa shape index (κ1) is 13.7. The van der Waals surface area contributed by atoms with Gasteiger partial charge in [0.15, 0.2) is 11.6 Å². The van der Waals surface area contributed by atoms with Crippen LogP contribution in [0.2, 0.25) is 0 Å². The lowest BCUT2D eigenvalue weighted by Gasteiger charge is -2.09. The normalized spacial score (nSPS) is 12.8. The number of amides is 1. The molecule has 1 aromatic heterocycles. The van der Waals surface area contributed by atoms with Crippen LogP contribution in [-0.4, -0.2) is 15.5 Å². The first-order valence-electron chi connectivity index (χ1n) is 5.68. The molecule has 4 nitrogen and oxygen atoms in total. The average Bonchev–Trinajstić information content (AvgIpc) is 2.71. The molecule has 0 saturated carbocycles. The van der Waals surface area contributed by atoms with Gasteiger partial charge in [-0.1, -0.05) is 0 Å². The van der Waals surface area contributed by atoms with Gasteiger partial charge in [0.25, 0.3) is 0 Å². The van der Waals surface area contributed by atoms with E-state index in [2.05, 4.69) is 4.98 Å². The van der Waals surface area contributed by atoms with Gasteiger partial charge in [-0.2, -0.15) is 0 Å². The maximum absolute atomic E-state index is 13.9. The standard InChI is InChI=1S/C12H12ClF2N3O/c1-6(13)12-17-8-3-2-7(14)10(15)11(8)18(12)5-4-9(16)19/h2-3,6H,4-5H2,1H3,(H2,16,19). The fraction of sp³-hybridized carbons (Fsp3) is 0.333. The summed E-state index contributed by atoms with van der Waals surface area (Å²) in [7, 11) is 0. The first-order valence-corrected chi connectivity index (χ1v) is 6.12. The summed E-state index contributed by atoms with van der Waals surface area (Å²) in [5, 5.41) is -0.497. The second kappa shape index (κ2) is 5.13. The van der Waals surface area contributed by atoms with E-state index in [1.54, 1.807) is 6.92 Å². The molecule has 102 valence electrons. The Hall–Kier alpha value is -1.69. The summed E-state index contributed by atoms with van der Waals surface area (Å²) >= 11 is 5.97. The number of hydrogen-bond donors (Lipinski definition) is 1. The van der Waals surface area contributed by atoms with E-state index >= 15 is 0 Å². The number of carbonyl (C=O) groups excluding carboxylic acids is 1. The number of carbonyl (C=O) groups is 1. The van der Waals surface area contributed by atoms with E-state index in [0.29, 0.717) is 11.3 Å². The summed E-state index contributed by atoms with van der Waals surface area (Å²) in [6.07, 6.45) is -0.00196. The first-order chi connectivity index (χ1) is 8.91. The summed E-state index contributed by atoms with van der Waals surface area (Å²) in [6, 6.07) is 2.38. The van der Waals surface area contributed by atoms with Crippen molar-refractivity contribution < 1.29 is 13.6 Å². The van der Waals surface area contributed by atoms with Crippen molar-refractivity contribution in [2.24, 2.45) is 5.73 Å². The third-order valence-electron chi connectivity index (χ3n) is 2.77. The predicted octanol–water partition coefficient (Wildman–Crippen LogP) is 2.49. The second-order valence-corrected chi connectivity index (χ2v) is 4.84. The van der Waals surface area contributed by atoms with Crippen LogP contribution in [0.25, 0.3) is 11.0 Å². The summed E-state index contributed by atoms with van der Waals surface area (Å²) in [5.41, 5.74) is 5.37. The Labute approximate surface area is 113 Å². The van der Waals surface area contributed by atoms with E-state index < -0.39 is 22.9 Å². The topological polar surface area (TPSA) is 60.9 Å². The highest BCUT2D eigenvalue weighted by Gasteiger charge is 2.20. The van der Waals surface area contributed by atoms with E-state index in [9.17, 15) is 13.6 Å². The highest BCUT2D eigenvalue weighted by molar-refractivity contribution is 6.20. The molecule has 0 fully saturated rings. The quantitative estimate of drug-likeness (QED) is 0.878. The summed E-state index contributed by atoms with van der Waals surface area (Å²) in [4.78, 5) is 15.0. The number of imidazole rings is 1. The zero-order chi connectivity index (χ0) is 14.2. The molecule has 2 rings (SSSR count). The Balaban J connectivity index is 2.64. The van der Waals surface area contributed by atoms with Gasteiger partial charge >= 0.3 is 0 Å². The number of alkyl halides is 1. The third-order valence-corrected chi connectivity index (χ3v) is 2.96. The molecule has 0 bridgehead atoms. The fourth-order valence-electron chi connectivity index (χ4n) is 1.93. The maximum Gasteiger partial charge on any atom is 0.219 e. The number of hydrogen-bond acceptors (Lipinski definition) is 2. The number of aryl methyl sites for hydroxylation is 1. The number of halogens is 3. The van der Waals surface area contributed by atoms with Crippen LogP contribution in [0, 0.1) is 11.6 Å². The summed E-state index contributed by atoms with van der Waals surface area (Å²) in [5.74, 6) is -2.13. The Morgan fingerprint density at radius 2 is 2.21 bits per heavy atom. The zero-order valence-corrected chi connectivity index (χ0v) is 10.9. The summed E-state index contributed by atoms with van der Waals surface area (Å²) < 4.78 is 28.6. The molecule has 2 N–H and O–H groups in total. The highest BCUT2D eigenvalue weighted by Crippen LogP contribution is 2.27.